The number of anilines is 1. The largest absolute Gasteiger partial charge is 0.493 e. The number of hydrogen-bond donors (Lipinski definition) is 1. The smallest absolute Gasteiger partial charge is 0.223 e. The molecule has 1 N–H and O–H groups in total. The van der Waals surface area contributed by atoms with E-state index in [0.29, 0.717) is 18.0 Å². The van der Waals surface area contributed by atoms with Crippen LogP contribution >= 0.6 is 11.3 Å². The van der Waals surface area contributed by atoms with Gasteiger partial charge in [-0.25, -0.2) is 9.97 Å². The minimum absolute atomic E-state index is 0.0548. The maximum atomic E-state index is 12.6. The molecule has 3 aromatic rings. The molecule has 4 rings (SSSR count). The van der Waals surface area contributed by atoms with E-state index in [2.05, 4.69) is 20.2 Å². The van der Waals surface area contributed by atoms with Gasteiger partial charge in [0, 0.05) is 31.7 Å². The highest BCUT2D eigenvalue weighted by atomic mass is 32.1. The molecule has 0 aliphatic carbocycles. The van der Waals surface area contributed by atoms with Crippen LogP contribution in [0.25, 0.3) is 10.3 Å². The van der Waals surface area contributed by atoms with E-state index >= 15 is 0 Å². The van der Waals surface area contributed by atoms with Crippen LogP contribution in [0.2, 0.25) is 0 Å². The summed E-state index contributed by atoms with van der Waals surface area (Å²) in [6.45, 7) is 2.29. The molecular formula is C22H26N4O3S. The first kappa shape index (κ1) is 20.4. The summed E-state index contributed by atoms with van der Waals surface area (Å²) in [4.78, 5) is 24.9. The maximum Gasteiger partial charge on any atom is 0.223 e. The maximum absolute atomic E-state index is 12.6. The van der Waals surface area contributed by atoms with Crippen molar-refractivity contribution in [3.05, 3.63) is 42.1 Å². The normalized spacial score (nSPS) is 14.7. The molecule has 8 heteroatoms. The fraction of sp³-hybridized carbons (Fsp3) is 0.409. The van der Waals surface area contributed by atoms with Crippen LogP contribution in [0.1, 0.15) is 18.4 Å². The topological polar surface area (TPSA) is 76.6 Å². The summed E-state index contributed by atoms with van der Waals surface area (Å²) in [6.07, 6.45) is 4.23. The van der Waals surface area contributed by atoms with Crippen LogP contribution in [0.5, 0.6) is 11.5 Å². The van der Waals surface area contributed by atoms with Gasteiger partial charge in [-0.1, -0.05) is 17.4 Å². The summed E-state index contributed by atoms with van der Waals surface area (Å²) in [6, 6.07) is 9.74. The Morgan fingerprint density at radius 2 is 2.00 bits per heavy atom. The standard InChI is InChI=1S/C22H26N4O3S/c1-28-18-6-5-15(14-19(18)29-2)7-11-23-20(27)16-8-12-26(13-9-16)22-25-17-4-3-10-24-21(17)30-22/h3-6,10,14,16H,7-9,11-13H2,1-2H3,(H,23,27). The first-order valence-corrected chi connectivity index (χ1v) is 10.9. The molecule has 1 fully saturated rings. The number of carbonyl (C=O) groups is 1. The van der Waals surface area contributed by atoms with Gasteiger partial charge in [-0.15, -0.1) is 0 Å². The molecule has 2 aromatic heterocycles. The van der Waals surface area contributed by atoms with Gasteiger partial charge in [-0.05, 0) is 49.1 Å². The second-order valence-corrected chi connectivity index (χ2v) is 8.27. The summed E-state index contributed by atoms with van der Waals surface area (Å²) in [7, 11) is 3.25. The summed E-state index contributed by atoms with van der Waals surface area (Å²) in [5.41, 5.74) is 2.04. The van der Waals surface area contributed by atoms with Gasteiger partial charge in [0.05, 0.1) is 14.2 Å². The SMILES string of the molecule is COc1ccc(CCNC(=O)C2CCN(c3nc4cccnc4s3)CC2)cc1OC. The van der Waals surface area contributed by atoms with Crippen LogP contribution in [0.15, 0.2) is 36.5 Å². The van der Waals surface area contributed by atoms with Crippen LogP contribution in [-0.2, 0) is 11.2 Å². The van der Waals surface area contributed by atoms with Crippen molar-refractivity contribution in [2.75, 3.05) is 38.8 Å². The number of pyridine rings is 1. The van der Waals surface area contributed by atoms with Crippen LogP contribution < -0.4 is 19.7 Å². The van der Waals surface area contributed by atoms with E-state index < -0.39 is 0 Å². The Hall–Kier alpha value is -2.87. The molecule has 1 aromatic carbocycles. The van der Waals surface area contributed by atoms with Gasteiger partial charge in [0.25, 0.3) is 0 Å². The quantitative estimate of drug-likeness (QED) is 0.625. The minimum atomic E-state index is 0.0548. The van der Waals surface area contributed by atoms with E-state index in [1.54, 1.807) is 31.8 Å². The number of hydrogen-bond acceptors (Lipinski definition) is 7. The molecule has 1 saturated heterocycles. The minimum Gasteiger partial charge on any atom is -0.493 e. The second-order valence-electron chi connectivity index (χ2n) is 7.32. The summed E-state index contributed by atoms with van der Waals surface area (Å²) in [5, 5.41) is 4.09. The molecule has 30 heavy (non-hydrogen) atoms. The summed E-state index contributed by atoms with van der Waals surface area (Å²) < 4.78 is 10.6. The van der Waals surface area contributed by atoms with E-state index in [9.17, 15) is 4.79 Å². The Morgan fingerprint density at radius 1 is 1.20 bits per heavy atom. The Balaban J connectivity index is 1.25. The Kier molecular flexibility index (Phi) is 6.32. The van der Waals surface area contributed by atoms with Crippen molar-refractivity contribution in [2.24, 2.45) is 5.92 Å². The van der Waals surface area contributed by atoms with E-state index in [1.807, 2.05) is 30.3 Å². The third-order valence-corrected chi connectivity index (χ3v) is 6.49. The molecule has 1 aliphatic heterocycles. The van der Waals surface area contributed by atoms with Crippen LogP contribution in [-0.4, -0.2) is 49.7 Å². The van der Waals surface area contributed by atoms with Gasteiger partial charge >= 0.3 is 0 Å². The number of rotatable bonds is 7. The Bertz CT molecular complexity index is 982. The molecule has 3 heterocycles. The molecule has 0 radical (unpaired) electrons. The number of nitrogens with one attached hydrogen (secondary N) is 1. The fourth-order valence-electron chi connectivity index (χ4n) is 3.74. The molecule has 0 spiro atoms. The number of amides is 1. The molecular weight excluding hydrogens is 400 g/mol. The molecule has 0 saturated carbocycles. The number of benzene rings is 1. The van der Waals surface area contributed by atoms with Gasteiger partial charge < -0.3 is 19.7 Å². The lowest BCUT2D eigenvalue weighted by molar-refractivity contribution is -0.125. The number of methoxy groups -OCH3 is 2. The van der Waals surface area contributed by atoms with Crippen molar-refractivity contribution in [1.82, 2.24) is 15.3 Å². The van der Waals surface area contributed by atoms with Gasteiger partial charge in [-0.3, -0.25) is 4.79 Å². The zero-order valence-electron chi connectivity index (χ0n) is 17.3. The molecule has 1 aliphatic rings. The first-order chi connectivity index (χ1) is 14.7. The van der Waals surface area contributed by atoms with Gasteiger partial charge in [-0.2, -0.15) is 0 Å². The monoisotopic (exact) mass is 426 g/mol. The number of ether oxygens (including phenoxy) is 2. The van der Waals surface area contributed by atoms with Gasteiger partial charge in [0.2, 0.25) is 5.91 Å². The van der Waals surface area contributed by atoms with E-state index in [0.717, 1.165) is 53.4 Å². The van der Waals surface area contributed by atoms with Crippen molar-refractivity contribution < 1.29 is 14.3 Å². The lowest BCUT2D eigenvalue weighted by atomic mass is 9.96. The van der Waals surface area contributed by atoms with Crippen LogP contribution in [0.4, 0.5) is 5.13 Å². The predicted molar refractivity (Wildman–Crippen MR) is 119 cm³/mol. The van der Waals surface area contributed by atoms with Gasteiger partial charge in [0.15, 0.2) is 16.6 Å². The predicted octanol–water partition coefficient (Wildman–Crippen LogP) is 3.28. The summed E-state index contributed by atoms with van der Waals surface area (Å²) in [5.74, 6) is 1.61. The zero-order chi connectivity index (χ0) is 20.9. The molecule has 0 bridgehead atoms. The number of thiazole rings is 1. The van der Waals surface area contributed by atoms with Crippen molar-refractivity contribution in [3.63, 3.8) is 0 Å². The number of fused-ring (bicyclic) bond motifs is 1. The van der Waals surface area contributed by atoms with Crippen LogP contribution in [0.3, 0.4) is 0 Å². The molecule has 1 amide bonds. The number of nitrogens with zero attached hydrogens (tertiary/aromatic N) is 3. The number of carbonyl (C=O) groups excluding carboxylic acids is 1. The average molecular weight is 427 g/mol. The van der Waals surface area contributed by atoms with Crippen molar-refractivity contribution in [2.45, 2.75) is 19.3 Å². The molecule has 158 valence electrons. The molecule has 0 unspecified atom stereocenters. The van der Waals surface area contributed by atoms with E-state index in [1.165, 1.54) is 0 Å². The molecule has 7 nitrogen and oxygen atoms in total. The van der Waals surface area contributed by atoms with Crippen LogP contribution in [0, 0.1) is 5.92 Å². The summed E-state index contributed by atoms with van der Waals surface area (Å²) >= 11 is 1.61. The fourth-order valence-corrected chi connectivity index (χ4v) is 4.70. The number of piperidine rings is 1. The highest BCUT2D eigenvalue weighted by molar-refractivity contribution is 7.21. The lowest BCUT2D eigenvalue weighted by Gasteiger charge is -2.31. The van der Waals surface area contributed by atoms with E-state index in [-0.39, 0.29) is 11.8 Å². The van der Waals surface area contributed by atoms with Crippen molar-refractivity contribution in [1.29, 1.82) is 0 Å². The van der Waals surface area contributed by atoms with Crippen molar-refractivity contribution in [3.8, 4) is 11.5 Å². The van der Waals surface area contributed by atoms with Crippen molar-refractivity contribution >= 4 is 32.7 Å². The third kappa shape index (κ3) is 4.48. The molecule has 0 atom stereocenters. The zero-order valence-corrected chi connectivity index (χ0v) is 18.1. The van der Waals surface area contributed by atoms with Gasteiger partial charge in [0.1, 0.15) is 10.3 Å². The third-order valence-electron chi connectivity index (χ3n) is 5.45. The Morgan fingerprint density at radius 3 is 2.73 bits per heavy atom. The Labute approximate surface area is 180 Å². The lowest BCUT2D eigenvalue weighted by Crippen LogP contribution is -2.41. The second kappa shape index (κ2) is 9.30. The average Bonchev–Trinajstić information content (AvgIpc) is 3.23. The highest BCUT2D eigenvalue weighted by Gasteiger charge is 2.26. The number of aromatic nitrogens is 2. The first-order valence-electron chi connectivity index (χ1n) is 10.1. The highest BCUT2D eigenvalue weighted by Crippen LogP contribution is 2.30. The van der Waals surface area contributed by atoms with E-state index in [4.69, 9.17) is 9.47 Å².